The van der Waals surface area contributed by atoms with Crippen molar-refractivity contribution in [3.8, 4) is 0 Å². The van der Waals surface area contributed by atoms with Crippen LogP contribution in [0.2, 0.25) is 0 Å². The second kappa shape index (κ2) is 6.16. The van der Waals surface area contributed by atoms with Gasteiger partial charge >= 0.3 is 0 Å². The highest BCUT2D eigenvalue weighted by Crippen LogP contribution is 2.30. The number of hydrogen-bond acceptors (Lipinski definition) is 4. The molecule has 2 aliphatic heterocycles. The zero-order chi connectivity index (χ0) is 16.5. The Morgan fingerprint density at radius 3 is 2.61 bits per heavy atom. The van der Waals surface area contributed by atoms with Gasteiger partial charge in [0.1, 0.15) is 6.54 Å². The molecule has 1 aromatic heterocycles. The average molecular weight is 328 g/mol. The van der Waals surface area contributed by atoms with Gasteiger partial charge in [0.15, 0.2) is 0 Å². The van der Waals surface area contributed by atoms with Crippen LogP contribution in [0.15, 0.2) is 18.5 Å². The lowest BCUT2D eigenvalue weighted by Gasteiger charge is -2.36. The van der Waals surface area contributed by atoms with Crippen LogP contribution in [0, 0.1) is 0 Å². The van der Waals surface area contributed by atoms with Crippen molar-refractivity contribution >= 4 is 5.91 Å². The van der Waals surface area contributed by atoms with Gasteiger partial charge in [-0.05, 0) is 12.5 Å². The standard InChI is InChI=1S/C15H22F2N4O2/c16-15(17)3-7-19(8-4-15)11-14(23)2-9-20(12-14)13(22)10-21-6-1-5-18-21/h1,5-6,23H,2-4,7-12H2/t14-/m0/s1. The molecule has 23 heavy (non-hydrogen) atoms. The number of likely N-dealkylation sites (tertiary alicyclic amines) is 2. The monoisotopic (exact) mass is 328 g/mol. The summed E-state index contributed by atoms with van der Waals surface area (Å²) >= 11 is 0. The molecule has 0 aliphatic carbocycles. The molecule has 0 spiro atoms. The molecule has 2 fully saturated rings. The van der Waals surface area contributed by atoms with E-state index in [4.69, 9.17) is 0 Å². The van der Waals surface area contributed by atoms with Crippen molar-refractivity contribution in [1.29, 1.82) is 0 Å². The molecule has 0 radical (unpaired) electrons. The zero-order valence-electron chi connectivity index (χ0n) is 13.0. The maximum Gasteiger partial charge on any atom is 0.250 e. The van der Waals surface area contributed by atoms with E-state index in [-0.39, 0.29) is 44.9 Å². The number of β-amino-alcohol motifs (C(OH)–C–C–N with tert-alkyl or cyclic N) is 1. The fraction of sp³-hybridized carbons (Fsp3) is 0.733. The largest absolute Gasteiger partial charge is 0.387 e. The van der Waals surface area contributed by atoms with Gasteiger partial charge in [-0.25, -0.2) is 8.78 Å². The van der Waals surface area contributed by atoms with E-state index in [1.807, 2.05) is 4.90 Å². The molecule has 0 aromatic carbocycles. The summed E-state index contributed by atoms with van der Waals surface area (Å²) in [7, 11) is 0. The molecule has 2 saturated heterocycles. The van der Waals surface area contributed by atoms with Gasteiger partial charge in [-0.2, -0.15) is 5.10 Å². The minimum Gasteiger partial charge on any atom is -0.387 e. The lowest BCUT2D eigenvalue weighted by atomic mass is 10.00. The third-order valence-corrected chi connectivity index (χ3v) is 4.65. The Kier molecular flexibility index (Phi) is 4.37. The van der Waals surface area contributed by atoms with Crippen LogP contribution in [0.3, 0.4) is 0 Å². The Morgan fingerprint density at radius 1 is 1.22 bits per heavy atom. The topological polar surface area (TPSA) is 61.6 Å². The van der Waals surface area contributed by atoms with Gasteiger partial charge in [-0.1, -0.05) is 0 Å². The molecule has 1 N–H and O–H groups in total. The first-order valence-electron chi connectivity index (χ1n) is 7.93. The fourth-order valence-corrected chi connectivity index (χ4v) is 3.29. The Bertz CT molecular complexity index is 542. The Hall–Kier alpha value is -1.54. The van der Waals surface area contributed by atoms with Crippen molar-refractivity contribution in [3.63, 3.8) is 0 Å². The van der Waals surface area contributed by atoms with E-state index in [1.54, 1.807) is 28.0 Å². The van der Waals surface area contributed by atoms with E-state index in [9.17, 15) is 18.7 Å². The predicted octanol–water partition coefficient (Wildman–Crippen LogP) is 0.578. The fourth-order valence-electron chi connectivity index (χ4n) is 3.29. The van der Waals surface area contributed by atoms with Crippen LogP contribution in [0.25, 0.3) is 0 Å². The molecule has 8 heteroatoms. The first kappa shape index (κ1) is 16.3. The third kappa shape index (κ3) is 4.06. The number of aromatic nitrogens is 2. The minimum absolute atomic E-state index is 0.0881. The lowest BCUT2D eigenvalue weighted by molar-refractivity contribution is -0.132. The quantitative estimate of drug-likeness (QED) is 0.878. The first-order valence-corrected chi connectivity index (χ1v) is 7.93. The van der Waals surface area contributed by atoms with Crippen molar-refractivity contribution in [2.24, 2.45) is 0 Å². The summed E-state index contributed by atoms with van der Waals surface area (Å²) in [5.41, 5.74) is -1.01. The van der Waals surface area contributed by atoms with Crippen LogP contribution >= 0.6 is 0 Å². The number of halogens is 2. The molecular formula is C15H22F2N4O2. The molecule has 0 bridgehead atoms. The minimum atomic E-state index is -2.58. The van der Waals surface area contributed by atoms with Gasteiger partial charge in [0.05, 0.1) is 12.1 Å². The lowest BCUT2D eigenvalue weighted by Crippen LogP contribution is -2.49. The van der Waals surface area contributed by atoms with Crippen LogP contribution in [-0.2, 0) is 11.3 Å². The van der Waals surface area contributed by atoms with Gasteiger partial charge in [-0.3, -0.25) is 14.4 Å². The first-order chi connectivity index (χ1) is 10.9. The summed E-state index contributed by atoms with van der Waals surface area (Å²) in [5, 5.41) is 14.7. The normalized spacial score (nSPS) is 28.2. The average Bonchev–Trinajstić information content (AvgIpc) is 3.11. The van der Waals surface area contributed by atoms with Crippen LogP contribution < -0.4 is 0 Å². The predicted molar refractivity (Wildman–Crippen MR) is 79.0 cm³/mol. The second-order valence-corrected chi connectivity index (χ2v) is 6.63. The molecule has 6 nitrogen and oxygen atoms in total. The van der Waals surface area contributed by atoms with Crippen LogP contribution in [0.4, 0.5) is 8.78 Å². The summed E-state index contributed by atoms with van der Waals surface area (Å²) in [6, 6.07) is 1.75. The number of nitrogens with zero attached hydrogens (tertiary/aromatic N) is 4. The molecule has 1 amide bonds. The van der Waals surface area contributed by atoms with E-state index in [0.29, 0.717) is 19.5 Å². The number of amides is 1. The summed E-state index contributed by atoms with van der Waals surface area (Å²) in [6.45, 7) is 1.81. The van der Waals surface area contributed by atoms with E-state index in [1.165, 1.54) is 0 Å². The Balaban J connectivity index is 1.50. The van der Waals surface area contributed by atoms with Gasteiger partial charge < -0.3 is 10.0 Å². The number of alkyl halides is 2. The highest BCUT2D eigenvalue weighted by molar-refractivity contribution is 5.76. The molecule has 128 valence electrons. The van der Waals surface area contributed by atoms with E-state index in [2.05, 4.69) is 5.10 Å². The van der Waals surface area contributed by atoms with Gasteiger partial charge in [-0.15, -0.1) is 0 Å². The summed E-state index contributed by atoms with van der Waals surface area (Å²) in [4.78, 5) is 15.7. The highest BCUT2D eigenvalue weighted by Gasteiger charge is 2.42. The van der Waals surface area contributed by atoms with E-state index >= 15 is 0 Å². The maximum absolute atomic E-state index is 13.2. The summed E-state index contributed by atoms with van der Waals surface area (Å²) < 4.78 is 27.9. The number of carbonyl (C=O) groups excluding carboxylic acids is 1. The smallest absolute Gasteiger partial charge is 0.250 e. The number of rotatable bonds is 4. The molecule has 1 aromatic rings. The number of aliphatic hydroxyl groups is 1. The molecule has 2 aliphatic rings. The van der Waals surface area contributed by atoms with Crippen molar-refractivity contribution in [1.82, 2.24) is 19.6 Å². The van der Waals surface area contributed by atoms with Crippen molar-refractivity contribution < 1.29 is 18.7 Å². The van der Waals surface area contributed by atoms with Crippen LogP contribution in [-0.4, -0.2) is 74.8 Å². The number of piperidine rings is 1. The van der Waals surface area contributed by atoms with Gasteiger partial charge in [0.25, 0.3) is 5.92 Å². The second-order valence-electron chi connectivity index (χ2n) is 6.63. The molecule has 3 rings (SSSR count). The maximum atomic E-state index is 13.2. The van der Waals surface area contributed by atoms with Crippen molar-refractivity contribution in [2.75, 3.05) is 32.7 Å². The van der Waals surface area contributed by atoms with Crippen molar-refractivity contribution in [3.05, 3.63) is 18.5 Å². The summed E-state index contributed by atoms with van der Waals surface area (Å²) in [5.74, 6) is -2.67. The molecule has 1 atom stereocenters. The summed E-state index contributed by atoms with van der Waals surface area (Å²) in [6.07, 6.45) is 3.48. The van der Waals surface area contributed by atoms with Crippen molar-refractivity contribution in [2.45, 2.75) is 37.3 Å². The third-order valence-electron chi connectivity index (χ3n) is 4.65. The van der Waals surface area contributed by atoms with E-state index in [0.717, 1.165) is 0 Å². The molecule has 3 heterocycles. The Morgan fingerprint density at radius 2 is 1.96 bits per heavy atom. The number of hydrogen-bond donors (Lipinski definition) is 1. The van der Waals surface area contributed by atoms with Gasteiger partial charge in [0.2, 0.25) is 5.91 Å². The SMILES string of the molecule is O=C(Cn1cccn1)N1CC[C@](O)(CN2CCC(F)(F)CC2)C1. The molecule has 0 saturated carbocycles. The van der Waals surface area contributed by atoms with Crippen LogP contribution in [0.1, 0.15) is 19.3 Å². The highest BCUT2D eigenvalue weighted by atomic mass is 19.3. The molecule has 0 unspecified atom stereocenters. The number of carbonyl (C=O) groups is 1. The van der Waals surface area contributed by atoms with Crippen LogP contribution in [0.5, 0.6) is 0 Å². The van der Waals surface area contributed by atoms with E-state index < -0.39 is 11.5 Å². The molecular weight excluding hydrogens is 306 g/mol. The Labute approximate surface area is 133 Å². The zero-order valence-corrected chi connectivity index (χ0v) is 13.0. The van der Waals surface area contributed by atoms with Gasteiger partial charge in [0, 0.05) is 51.4 Å².